The number of benzene rings is 1. The van der Waals surface area contributed by atoms with Crippen LogP contribution in [-0.2, 0) is 9.53 Å². The van der Waals surface area contributed by atoms with Crippen LogP contribution in [0.15, 0.2) is 35.3 Å². The summed E-state index contributed by atoms with van der Waals surface area (Å²) in [4.78, 5) is 23.5. The van der Waals surface area contributed by atoms with Gasteiger partial charge in [-0.1, -0.05) is 22.5 Å². The number of phenolic OH excluding ortho intramolecular Hbond substituents is 1. The third-order valence-electron chi connectivity index (χ3n) is 2.35. The molecule has 0 aromatic heterocycles. The van der Waals surface area contributed by atoms with Gasteiger partial charge >= 0.3 is 5.97 Å². The number of nitrogens with one attached hydrogen (secondary N) is 1. The van der Waals surface area contributed by atoms with E-state index in [-0.39, 0.29) is 12.2 Å². The molecule has 0 bridgehead atoms. The van der Waals surface area contributed by atoms with E-state index >= 15 is 0 Å². The molecule has 1 amide bonds. The van der Waals surface area contributed by atoms with Gasteiger partial charge in [0.2, 0.25) is 0 Å². The summed E-state index contributed by atoms with van der Waals surface area (Å²) in [6, 6.07) is 4.90. The fraction of sp³-hybridized carbons (Fsp3) is 0.231. The van der Waals surface area contributed by atoms with Crippen LogP contribution in [-0.4, -0.2) is 30.1 Å². The summed E-state index contributed by atoms with van der Waals surface area (Å²) in [5, 5.41) is 11.7. The van der Waals surface area contributed by atoms with Crippen molar-refractivity contribution in [2.75, 3.05) is 7.11 Å². The molecule has 0 unspecified atom stereocenters. The Morgan fingerprint density at radius 3 is 2.47 bits per heavy atom. The molecule has 0 aliphatic rings. The van der Waals surface area contributed by atoms with Crippen molar-refractivity contribution in [3.63, 3.8) is 0 Å². The van der Waals surface area contributed by atoms with E-state index < -0.39 is 17.9 Å². The van der Waals surface area contributed by atoms with Gasteiger partial charge < -0.3 is 15.2 Å². The first-order valence-electron chi connectivity index (χ1n) is 5.45. The summed E-state index contributed by atoms with van der Waals surface area (Å²) in [5.41, 5.74) is 0.340. The Bertz CT molecular complexity index is 484. The maximum absolute atomic E-state index is 11.9. The number of rotatable bonds is 5. The number of halogens is 1. The van der Waals surface area contributed by atoms with E-state index in [1.165, 1.54) is 31.4 Å². The highest BCUT2D eigenvalue weighted by Gasteiger charge is 2.22. The number of hydrogen-bond donors (Lipinski definition) is 2. The number of carbonyl (C=O) groups excluding carboxylic acids is 2. The van der Waals surface area contributed by atoms with E-state index in [0.717, 1.165) is 0 Å². The molecule has 0 aliphatic carbocycles. The maximum Gasteiger partial charge on any atom is 0.328 e. The Kier molecular flexibility index (Phi) is 5.57. The lowest BCUT2D eigenvalue weighted by Crippen LogP contribution is -2.41. The molecule has 0 saturated carbocycles. The van der Waals surface area contributed by atoms with Crippen LogP contribution in [0.2, 0.25) is 0 Å². The van der Waals surface area contributed by atoms with E-state index in [2.05, 4.69) is 32.6 Å². The van der Waals surface area contributed by atoms with E-state index in [9.17, 15) is 9.59 Å². The standard InChI is InChI=1S/C13H14BrNO4/c1-8(14)7-11(13(18)19-2)15-12(17)9-3-5-10(16)6-4-9/h3-6,11,16H,1,7H2,2H3,(H,15,17)/t11-/m1/s1. The van der Waals surface area contributed by atoms with Crippen LogP contribution in [0.4, 0.5) is 0 Å². The summed E-state index contributed by atoms with van der Waals surface area (Å²) < 4.78 is 5.19. The molecular weight excluding hydrogens is 314 g/mol. The Morgan fingerprint density at radius 1 is 1.42 bits per heavy atom. The molecule has 19 heavy (non-hydrogen) atoms. The molecular formula is C13H14BrNO4. The maximum atomic E-state index is 11.9. The van der Waals surface area contributed by atoms with Gasteiger partial charge in [-0.3, -0.25) is 4.79 Å². The number of amides is 1. The zero-order valence-corrected chi connectivity index (χ0v) is 11.9. The summed E-state index contributed by atoms with van der Waals surface area (Å²) in [6.07, 6.45) is 0.233. The summed E-state index contributed by atoms with van der Waals surface area (Å²) in [5.74, 6) is -0.910. The first kappa shape index (κ1) is 15.2. The second-order valence-electron chi connectivity index (χ2n) is 3.82. The molecule has 1 atom stereocenters. The molecule has 5 nitrogen and oxygen atoms in total. The Hall–Kier alpha value is -1.82. The van der Waals surface area contributed by atoms with Crippen LogP contribution < -0.4 is 5.32 Å². The van der Waals surface area contributed by atoms with Crippen LogP contribution in [0, 0.1) is 0 Å². The minimum absolute atomic E-state index is 0.0647. The lowest BCUT2D eigenvalue weighted by Gasteiger charge is -2.16. The SMILES string of the molecule is C=C(Br)C[C@@H](NC(=O)c1ccc(O)cc1)C(=O)OC. The van der Waals surface area contributed by atoms with Gasteiger partial charge in [0.25, 0.3) is 5.91 Å². The van der Waals surface area contributed by atoms with Crippen LogP contribution in [0.25, 0.3) is 0 Å². The first-order chi connectivity index (χ1) is 8.93. The van der Waals surface area contributed by atoms with Crippen molar-refractivity contribution >= 4 is 27.8 Å². The summed E-state index contributed by atoms with van der Waals surface area (Å²) >= 11 is 3.14. The normalized spacial score (nSPS) is 11.5. The van der Waals surface area contributed by atoms with E-state index in [0.29, 0.717) is 10.0 Å². The highest BCUT2D eigenvalue weighted by atomic mass is 79.9. The van der Waals surface area contributed by atoms with Crippen molar-refractivity contribution in [2.24, 2.45) is 0 Å². The van der Waals surface area contributed by atoms with Crippen molar-refractivity contribution in [3.05, 3.63) is 40.9 Å². The van der Waals surface area contributed by atoms with Crippen molar-refractivity contribution in [1.82, 2.24) is 5.32 Å². The Morgan fingerprint density at radius 2 is 2.00 bits per heavy atom. The fourth-order valence-corrected chi connectivity index (χ4v) is 1.74. The molecule has 1 rings (SSSR count). The van der Waals surface area contributed by atoms with Gasteiger partial charge in [-0.2, -0.15) is 0 Å². The third-order valence-corrected chi connectivity index (χ3v) is 2.67. The fourth-order valence-electron chi connectivity index (χ4n) is 1.41. The van der Waals surface area contributed by atoms with Crippen LogP contribution in [0.3, 0.4) is 0 Å². The van der Waals surface area contributed by atoms with Crippen molar-refractivity contribution in [3.8, 4) is 5.75 Å². The highest BCUT2D eigenvalue weighted by Crippen LogP contribution is 2.13. The van der Waals surface area contributed by atoms with E-state index in [4.69, 9.17) is 5.11 Å². The molecule has 102 valence electrons. The van der Waals surface area contributed by atoms with Gasteiger partial charge in [0.15, 0.2) is 0 Å². The smallest absolute Gasteiger partial charge is 0.328 e. The predicted octanol–water partition coefficient (Wildman–Crippen LogP) is 1.96. The zero-order valence-electron chi connectivity index (χ0n) is 10.4. The quantitative estimate of drug-likeness (QED) is 0.810. The van der Waals surface area contributed by atoms with Crippen LogP contribution in [0.5, 0.6) is 5.75 Å². The predicted molar refractivity (Wildman–Crippen MR) is 74.1 cm³/mol. The molecule has 0 spiro atoms. The largest absolute Gasteiger partial charge is 0.508 e. The molecule has 0 heterocycles. The summed E-state index contributed by atoms with van der Waals surface area (Å²) in [6.45, 7) is 3.63. The summed E-state index contributed by atoms with van der Waals surface area (Å²) in [7, 11) is 1.25. The van der Waals surface area contributed by atoms with Crippen molar-refractivity contribution < 1.29 is 19.4 Å². The van der Waals surface area contributed by atoms with Gasteiger partial charge in [-0.25, -0.2) is 4.79 Å². The topological polar surface area (TPSA) is 75.6 Å². The molecule has 1 aromatic rings. The molecule has 0 saturated heterocycles. The Labute approximate surface area is 119 Å². The monoisotopic (exact) mass is 327 g/mol. The molecule has 1 aromatic carbocycles. The molecule has 2 N–H and O–H groups in total. The number of phenols is 1. The van der Waals surface area contributed by atoms with Gasteiger partial charge in [-0.05, 0) is 28.7 Å². The van der Waals surface area contributed by atoms with Crippen molar-refractivity contribution in [2.45, 2.75) is 12.5 Å². The van der Waals surface area contributed by atoms with Gasteiger partial charge in [-0.15, -0.1) is 0 Å². The number of aromatic hydroxyl groups is 1. The molecule has 6 heteroatoms. The number of hydrogen-bond acceptors (Lipinski definition) is 4. The van der Waals surface area contributed by atoms with E-state index in [1.54, 1.807) is 0 Å². The van der Waals surface area contributed by atoms with Crippen LogP contribution in [0.1, 0.15) is 16.8 Å². The third kappa shape index (κ3) is 4.75. The molecule has 0 fully saturated rings. The van der Waals surface area contributed by atoms with Crippen molar-refractivity contribution in [1.29, 1.82) is 0 Å². The van der Waals surface area contributed by atoms with Gasteiger partial charge in [0.05, 0.1) is 7.11 Å². The zero-order chi connectivity index (χ0) is 14.4. The van der Waals surface area contributed by atoms with Gasteiger partial charge in [0, 0.05) is 12.0 Å². The first-order valence-corrected chi connectivity index (χ1v) is 6.24. The number of methoxy groups -OCH3 is 1. The number of ether oxygens (including phenoxy) is 1. The highest BCUT2D eigenvalue weighted by molar-refractivity contribution is 9.11. The van der Waals surface area contributed by atoms with Gasteiger partial charge in [0.1, 0.15) is 11.8 Å². The average molecular weight is 328 g/mol. The lowest BCUT2D eigenvalue weighted by atomic mass is 10.1. The second-order valence-corrected chi connectivity index (χ2v) is 4.94. The Balaban J connectivity index is 2.78. The number of carbonyl (C=O) groups is 2. The molecule has 0 aliphatic heterocycles. The molecule has 0 radical (unpaired) electrons. The number of esters is 1. The lowest BCUT2D eigenvalue weighted by molar-refractivity contribution is -0.142. The minimum Gasteiger partial charge on any atom is -0.508 e. The average Bonchev–Trinajstić information content (AvgIpc) is 2.37. The minimum atomic E-state index is -0.807. The second kappa shape index (κ2) is 6.94. The van der Waals surface area contributed by atoms with Crippen LogP contribution >= 0.6 is 15.9 Å². The van der Waals surface area contributed by atoms with E-state index in [1.807, 2.05) is 0 Å².